The van der Waals surface area contributed by atoms with Crippen LogP contribution in [0.15, 0.2) is 66.7 Å². The van der Waals surface area contributed by atoms with Gasteiger partial charge in [0.2, 0.25) is 0 Å². The van der Waals surface area contributed by atoms with E-state index in [2.05, 4.69) is 11.4 Å². The molecular weight excluding hydrogens is 503 g/mol. The number of carboxylic acids is 1. The number of nitrogens with zero attached hydrogens (tertiary/aromatic N) is 2. The number of carboxylic acid groups (broad SMARTS) is 1. The van der Waals surface area contributed by atoms with E-state index in [9.17, 15) is 18.0 Å². The summed E-state index contributed by atoms with van der Waals surface area (Å²) in [6.07, 6.45) is -5.08. The molecule has 3 aromatic carbocycles. The van der Waals surface area contributed by atoms with Crippen molar-refractivity contribution in [1.29, 1.82) is 5.26 Å². The monoisotopic (exact) mass is 529 g/mol. The summed E-state index contributed by atoms with van der Waals surface area (Å²) in [5, 5.41) is 28.0. The zero-order valence-electron chi connectivity index (χ0n) is 20.6. The number of aliphatic hydroxyl groups excluding tert-OH is 1. The second-order valence-corrected chi connectivity index (χ2v) is 8.01. The van der Waals surface area contributed by atoms with Crippen LogP contribution in [0.1, 0.15) is 21.5 Å². The van der Waals surface area contributed by atoms with E-state index in [0.717, 1.165) is 22.4 Å². The third-order valence-corrected chi connectivity index (χ3v) is 5.20. The molecule has 0 fully saturated rings. The van der Waals surface area contributed by atoms with Gasteiger partial charge in [0.25, 0.3) is 5.91 Å². The van der Waals surface area contributed by atoms with Gasteiger partial charge >= 0.3 is 12.1 Å². The maximum atomic E-state index is 12.4. The molecule has 11 heteroatoms. The number of carbonyl (C=O) groups excluding carboxylic acids is 1. The first-order chi connectivity index (χ1) is 18.0. The molecule has 3 aromatic rings. The van der Waals surface area contributed by atoms with Crippen LogP contribution in [0.2, 0.25) is 0 Å². The molecule has 0 bridgehead atoms. The highest BCUT2D eigenvalue weighted by Gasteiger charge is 2.38. The smallest absolute Gasteiger partial charge is 0.490 e. The summed E-state index contributed by atoms with van der Waals surface area (Å²) in [7, 11) is 3.60. The molecule has 3 rings (SSSR count). The fourth-order valence-electron chi connectivity index (χ4n) is 3.27. The van der Waals surface area contributed by atoms with Gasteiger partial charge in [0.15, 0.2) is 0 Å². The van der Waals surface area contributed by atoms with E-state index >= 15 is 0 Å². The summed E-state index contributed by atoms with van der Waals surface area (Å²) in [6.45, 7) is 1.35. The topological polar surface area (TPSA) is 123 Å². The molecule has 0 unspecified atom stereocenters. The molecule has 0 aliphatic heterocycles. The number of halogens is 3. The Hall–Kier alpha value is -4.40. The predicted octanol–water partition coefficient (Wildman–Crippen LogP) is 4.54. The second-order valence-electron chi connectivity index (χ2n) is 8.01. The molecule has 0 aliphatic carbocycles. The quantitative estimate of drug-likeness (QED) is 0.391. The zero-order valence-corrected chi connectivity index (χ0v) is 20.6. The summed E-state index contributed by atoms with van der Waals surface area (Å²) in [5.41, 5.74) is 4.80. The van der Waals surface area contributed by atoms with E-state index < -0.39 is 12.1 Å². The Morgan fingerprint density at radius 3 is 2.11 bits per heavy atom. The van der Waals surface area contributed by atoms with Gasteiger partial charge in [0.05, 0.1) is 25.3 Å². The van der Waals surface area contributed by atoms with Crippen LogP contribution in [0.4, 0.5) is 18.9 Å². The summed E-state index contributed by atoms with van der Waals surface area (Å²) < 4.78 is 37.2. The number of aliphatic carboxylic acids is 1. The van der Waals surface area contributed by atoms with Crippen molar-refractivity contribution in [1.82, 2.24) is 4.90 Å². The van der Waals surface area contributed by atoms with E-state index in [-0.39, 0.29) is 12.5 Å². The Labute approximate surface area is 217 Å². The molecular formula is C27H26F3N3O5. The highest BCUT2D eigenvalue weighted by atomic mass is 19.4. The van der Waals surface area contributed by atoms with Crippen LogP contribution in [0, 0.1) is 11.3 Å². The third kappa shape index (κ3) is 8.92. The molecule has 0 radical (unpaired) electrons. The first-order valence-corrected chi connectivity index (χ1v) is 11.2. The summed E-state index contributed by atoms with van der Waals surface area (Å²) >= 11 is 0. The number of carbonyl (C=O) groups is 2. The van der Waals surface area contributed by atoms with Crippen molar-refractivity contribution in [2.24, 2.45) is 0 Å². The predicted molar refractivity (Wildman–Crippen MR) is 135 cm³/mol. The van der Waals surface area contributed by atoms with E-state index in [1.807, 2.05) is 54.4 Å². The average Bonchev–Trinajstić information content (AvgIpc) is 2.89. The van der Waals surface area contributed by atoms with Crippen LogP contribution in [0.3, 0.4) is 0 Å². The normalized spacial score (nSPS) is 10.7. The molecule has 0 spiro atoms. The zero-order chi connectivity index (χ0) is 28.3. The molecule has 0 heterocycles. The van der Waals surface area contributed by atoms with Crippen LogP contribution >= 0.6 is 0 Å². The Balaban J connectivity index is 0.000000638. The highest BCUT2D eigenvalue weighted by Crippen LogP contribution is 2.28. The molecule has 3 N–H and O–H groups in total. The molecule has 0 aliphatic rings. The Morgan fingerprint density at radius 1 is 1.03 bits per heavy atom. The Kier molecular flexibility index (Phi) is 10.8. The number of nitrogens with one attached hydrogen (secondary N) is 1. The molecule has 38 heavy (non-hydrogen) atoms. The molecule has 0 saturated heterocycles. The molecule has 0 saturated carbocycles. The van der Waals surface area contributed by atoms with Crippen molar-refractivity contribution in [2.45, 2.75) is 12.7 Å². The highest BCUT2D eigenvalue weighted by molar-refractivity contribution is 6.04. The minimum atomic E-state index is -5.08. The van der Waals surface area contributed by atoms with Crippen molar-refractivity contribution in [3.8, 4) is 22.9 Å². The number of likely N-dealkylation sites (N-methyl/N-ethyl adjacent to an activating group) is 1. The summed E-state index contributed by atoms with van der Waals surface area (Å²) in [5.74, 6) is -2.18. The number of alkyl halides is 3. The number of anilines is 1. The lowest BCUT2D eigenvalue weighted by Crippen LogP contribution is -2.21. The Morgan fingerprint density at radius 2 is 1.61 bits per heavy atom. The van der Waals surface area contributed by atoms with E-state index in [4.69, 9.17) is 25.0 Å². The van der Waals surface area contributed by atoms with Gasteiger partial charge in [-0.15, -0.1) is 0 Å². The maximum absolute atomic E-state index is 12.4. The average molecular weight is 530 g/mol. The van der Waals surface area contributed by atoms with Crippen molar-refractivity contribution >= 4 is 17.6 Å². The first-order valence-electron chi connectivity index (χ1n) is 11.2. The van der Waals surface area contributed by atoms with Crippen molar-refractivity contribution in [3.63, 3.8) is 0 Å². The fraction of sp³-hybridized carbons (Fsp3) is 0.222. The maximum Gasteiger partial charge on any atom is 0.490 e. The van der Waals surface area contributed by atoms with Gasteiger partial charge in [-0.25, -0.2) is 4.79 Å². The number of ether oxygens (including phenoxy) is 1. The standard InChI is InChI=1S/C25H25N3O3.C2HF3O2/c1-28(13-14-29)17-22-15-21(9-12-24(22)31-2)19-7-10-23(11-8-19)27-25(30)20-5-3-18(16-26)4-6-20;3-2(4,5)1(6)7/h3-12,15,29H,13-14,17H2,1-2H3,(H,27,30);(H,6,7). The minimum absolute atomic E-state index is 0.105. The number of hydrogen-bond donors (Lipinski definition) is 3. The number of nitriles is 1. The SMILES string of the molecule is COc1ccc(-c2ccc(NC(=O)c3ccc(C#N)cc3)cc2)cc1CN(C)CCO.O=C(O)C(F)(F)F. The molecule has 8 nitrogen and oxygen atoms in total. The lowest BCUT2D eigenvalue weighted by Gasteiger charge is -2.18. The summed E-state index contributed by atoms with van der Waals surface area (Å²) in [6, 6.07) is 22.2. The van der Waals surface area contributed by atoms with E-state index in [1.54, 1.807) is 31.4 Å². The van der Waals surface area contributed by atoms with Gasteiger partial charge in [-0.2, -0.15) is 18.4 Å². The van der Waals surface area contributed by atoms with Gasteiger partial charge < -0.3 is 20.3 Å². The van der Waals surface area contributed by atoms with Gasteiger partial charge in [-0.05, 0) is 66.7 Å². The first kappa shape index (κ1) is 29.8. The van der Waals surface area contributed by atoms with Crippen molar-refractivity contribution < 1.29 is 37.7 Å². The van der Waals surface area contributed by atoms with Crippen LogP contribution in [0.25, 0.3) is 11.1 Å². The number of rotatable bonds is 8. The third-order valence-electron chi connectivity index (χ3n) is 5.20. The van der Waals surface area contributed by atoms with Crippen LogP contribution in [-0.4, -0.2) is 60.5 Å². The van der Waals surface area contributed by atoms with Crippen LogP contribution in [-0.2, 0) is 11.3 Å². The van der Waals surface area contributed by atoms with Gasteiger partial charge in [0.1, 0.15) is 5.75 Å². The van der Waals surface area contributed by atoms with E-state index in [0.29, 0.717) is 29.9 Å². The van der Waals surface area contributed by atoms with Gasteiger partial charge in [-0.1, -0.05) is 18.2 Å². The van der Waals surface area contributed by atoms with Crippen LogP contribution < -0.4 is 10.1 Å². The number of aliphatic hydroxyl groups is 1. The number of amides is 1. The van der Waals surface area contributed by atoms with E-state index in [1.165, 1.54) is 0 Å². The lowest BCUT2D eigenvalue weighted by atomic mass is 10.0. The van der Waals surface area contributed by atoms with Crippen molar-refractivity contribution in [2.75, 3.05) is 32.6 Å². The van der Waals surface area contributed by atoms with Gasteiger partial charge in [0, 0.05) is 29.9 Å². The second kappa shape index (κ2) is 13.8. The minimum Gasteiger partial charge on any atom is -0.496 e. The molecule has 1 amide bonds. The molecule has 200 valence electrons. The number of hydrogen-bond acceptors (Lipinski definition) is 6. The molecule has 0 aromatic heterocycles. The summed E-state index contributed by atoms with van der Waals surface area (Å²) in [4.78, 5) is 23.3. The molecule has 0 atom stereocenters. The van der Waals surface area contributed by atoms with Gasteiger partial charge in [-0.3, -0.25) is 9.69 Å². The number of benzene rings is 3. The largest absolute Gasteiger partial charge is 0.496 e. The number of methoxy groups -OCH3 is 1. The fourth-order valence-corrected chi connectivity index (χ4v) is 3.27. The van der Waals surface area contributed by atoms with Crippen LogP contribution in [0.5, 0.6) is 5.75 Å². The van der Waals surface area contributed by atoms with Crippen molar-refractivity contribution in [3.05, 3.63) is 83.4 Å². The lowest BCUT2D eigenvalue weighted by molar-refractivity contribution is -0.192. The Bertz CT molecular complexity index is 1270.